The molecule has 0 saturated carbocycles. The standard InChI is InChI=1S/C11H22O/c1-4-10(2)6-5-7-11(3)8-9-12/h6,11-12H,4-5,7-9H2,1-3H3/b10-6-/t11-/m0/s1. The fourth-order valence-corrected chi connectivity index (χ4v) is 1.12. The van der Waals surface area contributed by atoms with Gasteiger partial charge in [0.2, 0.25) is 0 Å². The average molecular weight is 170 g/mol. The maximum absolute atomic E-state index is 8.68. The van der Waals surface area contributed by atoms with Crippen LogP contribution in [-0.2, 0) is 0 Å². The third-order valence-electron chi connectivity index (χ3n) is 2.33. The van der Waals surface area contributed by atoms with Crippen molar-refractivity contribution in [3.05, 3.63) is 11.6 Å². The van der Waals surface area contributed by atoms with E-state index in [0.29, 0.717) is 12.5 Å². The van der Waals surface area contributed by atoms with Crippen LogP contribution in [0.3, 0.4) is 0 Å². The lowest BCUT2D eigenvalue weighted by molar-refractivity contribution is 0.259. The van der Waals surface area contributed by atoms with Crippen LogP contribution in [0.2, 0.25) is 0 Å². The summed E-state index contributed by atoms with van der Waals surface area (Å²) in [5.41, 5.74) is 1.48. The number of hydrogen-bond donors (Lipinski definition) is 1. The molecule has 0 unspecified atom stereocenters. The molecule has 0 aliphatic carbocycles. The van der Waals surface area contributed by atoms with Crippen LogP contribution in [0.15, 0.2) is 11.6 Å². The van der Waals surface area contributed by atoms with Gasteiger partial charge in [0.25, 0.3) is 0 Å². The summed E-state index contributed by atoms with van der Waals surface area (Å²) in [7, 11) is 0. The molecule has 1 N–H and O–H groups in total. The van der Waals surface area contributed by atoms with Crippen molar-refractivity contribution in [2.24, 2.45) is 5.92 Å². The first kappa shape index (κ1) is 11.7. The third-order valence-corrected chi connectivity index (χ3v) is 2.33. The Kier molecular flexibility index (Phi) is 7.17. The van der Waals surface area contributed by atoms with Gasteiger partial charge in [-0.15, -0.1) is 0 Å². The Hall–Kier alpha value is -0.300. The van der Waals surface area contributed by atoms with Gasteiger partial charge in [0.05, 0.1) is 0 Å². The largest absolute Gasteiger partial charge is 0.396 e. The minimum absolute atomic E-state index is 0.331. The lowest BCUT2D eigenvalue weighted by Crippen LogP contribution is -1.96. The van der Waals surface area contributed by atoms with Gasteiger partial charge >= 0.3 is 0 Å². The van der Waals surface area contributed by atoms with Crippen LogP contribution in [0, 0.1) is 5.92 Å². The van der Waals surface area contributed by atoms with Crippen molar-refractivity contribution in [1.82, 2.24) is 0 Å². The highest BCUT2D eigenvalue weighted by Crippen LogP contribution is 2.11. The van der Waals surface area contributed by atoms with Crippen LogP contribution in [0.5, 0.6) is 0 Å². The summed E-state index contributed by atoms with van der Waals surface area (Å²) in [6, 6.07) is 0. The van der Waals surface area contributed by atoms with Gasteiger partial charge in [-0.2, -0.15) is 0 Å². The van der Waals surface area contributed by atoms with Crippen LogP contribution in [-0.4, -0.2) is 11.7 Å². The summed E-state index contributed by atoms with van der Waals surface area (Å²) in [5.74, 6) is 0.663. The zero-order valence-corrected chi connectivity index (χ0v) is 8.64. The van der Waals surface area contributed by atoms with E-state index in [2.05, 4.69) is 26.8 Å². The summed E-state index contributed by atoms with van der Waals surface area (Å²) in [6.45, 7) is 6.89. The van der Waals surface area contributed by atoms with Crippen LogP contribution in [0.4, 0.5) is 0 Å². The summed E-state index contributed by atoms with van der Waals surface area (Å²) in [6.07, 6.45) is 6.79. The van der Waals surface area contributed by atoms with Gasteiger partial charge in [-0.25, -0.2) is 0 Å². The minimum Gasteiger partial charge on any atom is -0.396 e. The summed E-state index contributed by atoms with van der Waals surface area (Å²) in [4.78, 5) is 0. The fourth-order valence-electron chi connectivity index (χ4n) is 1.12. The number of hydrogen-bond acceptors (Lipinski definition) is 1. The first-order chi connectivity index (χ1) is 5.70. The predicted octanol–water partition coefficient (Wildman–Crippen LogP) is 3.14. The molecule has 72 valence electrons. The van der Waals surface area contributed by atoms with E-state index in [4.69, 9.17) is 5.11 Å². The Morgan fingerprint density at radius 2 is 2.08 bits per heavy atom. The van der Waals surface area contributed by atoms with Crippen molar-refractivity contribution in [1.29, 1.82) is 0 Å². The topological polar surface area (TPSA) is 20.2 Å². The molecule has 0 fully saturated rings. The second-order valence-electron chi connectivity index (χ2n) is 3.60. The fraction of sp³-hybridized carbons (Fsp3) is 0.818. The molecule has 1 atom stereocenters. The normalized spacial score (nSPS) is 14.8. The Bertz CT molecular complexity index is 127. The zero-order valence-electron chi connectivity index (χ0n) is 8.64. The van der Waals surface area contributed by atoms with Crippen molar-refractivity contribution < 1.29 is 5.11 Å². The number of rotatable bonds is 6. The molecule has 0 aromatic heterocycles. The molecule has 0 amide bonds. The van der Waals surface area contributed by atoms with Crippen LogP contribution in [0.1, 0.15) is 46.5 Å². The molecule has 0 aliphatic heterocycles. The van der Waals surface area contributed by atoms with Crippen molar-refractivity contribution in [2.45, 2.75) is 46.5 Å². The lowest BCUT2D eigenvalue weighted by Gasteiger charge is -2.06. The molecule has 0 bridgehead atoms. The average Bonchev–Trinajstić information content (AvgIpc) is 2.04. The molecule has 0 aromatic rings. The van der Waals surface area contributed by atoms with Crippen LogP contribution in [0.25, 0.3) is 0 Å². The molecule has 0 heterocycles. The van der Waals surface area contributed by atoms with E-state index in [9.17, 15) is 0 Å². The SMILES string of the molecule is CC/C(C)=C\CC[C@H](C)CCO. The molecule has 0 spiro atoms. The maximum atomic E-state index is 8.68. The van der Waals surface area contributed by atoms with Gasteiger partial charge < -0.3 is 5.11 Å². The predicted molar refractivity (Wildman–Crippen MR) is 54.1 cm³/mol. The highest BCUT2D eigenvalue weighted by molar-refractivity contribution is 4.96. The van der Waals surface area contributed by atoms with E-state index in [1.54, 1.807) is 0 Å². The van der Waals surface area contributed by atoms with Gasteiger partial charge in [0.15, 0.2) is 0 Å². The maximum Gasteiger partial charge on any atom is 0.0433 e. The molecule has 0 radical (unpaired) electrons. The summed E-state index contributed by atoms with van der Waals surface area (Å²) in [5, 5.41) is 8.68. The van der Waals surface area contributed by atoms with E-state index >= 15 is 0 Å². The summed E-state index contributed by atoms with van der Waals surface area (Å²) < 4.78 is 0. The Morgan fingerprint density at radius 3 is 2.58 bits per heavy atom. The first-order valence-electron chi connectivity index (χ1n) is 4.97. The third kappa shape index (κ3) is 6.41. The van der Waals surface area contributed by atoms with E-state index in [-0.39, 0.29) is 0 Å². The zero-order chi connectivity index (χ0) is 9.40. The van der Waals surface area contributed by atoms with Crippen molar-refractivity contribution in [3.63, 3.8) is 0 Å². The number of allylic oxidation sites excluding steroid dienone is 2. The van der Waals surface area contributed by atoms with E-state index in [0.717, 1.165) is 12.8 Å². The van der Waals surface area contributed by atoms with Crippen molar-refractivity contribution in [2.75, 3.05) is 6.61 Å². The van der Waals surface area contributed by atoms with Crippen LogP contribution >= 0.6 is 0 Å². The van der Waals surface area contributed by atoms with Gasteiger partial charge in [-0.1, -0.05) is 25.5 Å². The van der Waals surface area contributed by atoms with Crippen LogP contribution < -0.4 is 0 Å². The number of aliphatic hydroxyl groups is 1. The molecule has 0 aliphatic rings. The molecule has 0 aromatic carbocycles. The smallest absolute Gasteiger partial charge is 0.0433 e. The van der Waals surface area contributed by atoms with E-state index < -0.39 is 0 Å². The second-order valence-corrected chi connectivity index (χ2v) is 3.60. The Balaban J connectivity index is 3.41. The molecule has 0 saturated heterocycles. The first-order valence-corrected chi connectivity index (χ1v) is 4.97. The van der Waals surface area contributed by atoms with Crippen molar-refractivity contribution in [3.8, 4) is 0 Å². The summed E-state index contributed by atoms with van der Waals surface area (Å²) >= 11 is 0. The Morgan fingerprint density at radius 1 is 1.42 bits per heavy atom. The highest BCUT2D eigenvalue weighted by Gasteiger charge is 1.98. The molecule has 1 nitrogen and oxygen atoms in total. The quantitative estimate of drug-likeness (QED) is 0.607. The van der Waals surface area contributed by atoms with Gasteiger partial charge in [-0.3, -0.25) is 0 Å². The highest BCUT2D eigenvalue weighted by atomic mass is 16.2. The molecule has 12 heavy (non-hydrogen) atoms. The van der Waals surface area contributed by atoms with Gasteiger partial charge in [0.1, 0.15) is 0 Å². The van der Waals surface area contributed by atoms with E-state index in [1.807, 2.05) is 0 Å². The molecule has 0 rings (SSSR count). The minimum atomic E-state index is 0.331. The van der Waals surface area contributed by atoms with Gasteiger partial charge in [0, 0.05) is 6.61 Å². The van der Waals surface area contributed by atoms with Gasteiger partial charge in [-0.05, 0) is 38.5 Å². The molecular weight excluding hydrogens is 148 g/mol. The van der Waals surface area contributed by atoms with E-state index in [1.165, 1.54) is 18.4 Å². The Labute approximate surface area is 76.5 Å². The monoisotopic (exact) mass is 170 g/mol. The number of aliphatic hydroxyl groups excluding tert-OH is 1. The van der Waals surface area contributed by atoms with Crippen molar-refractivity contribution >= 4 is 0 Å². The second kappa shape index (κ2) is 7.35. The lowest BCUT2D eigenvalue weighted by atomic mass is 10.0. The molecule has 1 heteroatoms. The molecular formula is C11H22O.